The van der Waals surface area contributed by atoms with Crippen molar-refractivity contribution < 1.29 is 23.9 Å². The Balaban J connectivity index is 1.29. The zero-order valence-corrected chi connectivity index (χ0v) is 27.6. The number of esters is 1. The average molecular weight is 587 g/mol. The van der Waals surface area contributed by atoms with Crippen LogP contribution in [0.4, 0.5) is 4.79 Å². The van der Waals surface area contributed by atoms with Crippen LogP contribution in [-0.2, 0) is 19.1 Å². The number of hydrogen-bond acceptors (Lipinski definition) is 5. The molecule has 0 N–H and O–H groups in total. The number of carbonyl (C=O) groups excluding carboxylic acids is 3. The molecule has 7 atom stereocenters. The van der Waals surface area contributed by atoms with Gasteiger partial charge in [-0.2, -0.15) is 0 Å². The monoisotopic (exact) mass is 586 g/mol. The Morgan fingerprint density at radius 1 is 0.976 bits per heavy atom. The maximum Gasteiger partial charge on any atom is 0.409 e. The van der Waals surface area contributed by atoms with Crippen LogP contribution in [0, 0.1) is 40.4 Å². The van der Waals surface area contributed by atoms with Crippen molar-refractivity contribution in [1.29, 1.82) is 0 Å². The summed E-state index contributed by atoms with van der Waals surface area (Å²) >= 11 is 0. The van der Waals surface area contributed by atoms with Gasteiger partial charge >= 0.3 is 12.1 Å². The van der Waals surface area contributed by atoms with E-state index in [1.165, 1.54) is 80.3 Å². The first-order valence-electron chi connectivity index (χ1n) is 16.8. The standard InChI is InChI=1S/C35H58N2O5/c1-24(2)10-8-9-11-25-13-15-29-28-14-12-26-22-27(16-18-35(26,4)30(28)17-19-34(25,29)3)42-33(40)37(6)21-20-36(5)31(38)23-32(39)41-7/h12,24-25,27-30H,8-11,13-23H2,1-7H3/t25-,27?,28?,29?,30?,34?,35-/m0/s1. The lowest BCUT2D eigenvalue weighted by Crippen LogP contribution is -2.50. The molecule has 0 saturated heterocycles. The molecule has 238 valence electrons. The van der Waals surface area contributed by atoms with Crippen molar-refractivity contribution in [2.75, 3.05) is 34.3 Å². The summed E-state index contributed by atoms with van der Waals surface area (Å²) < 4.78 is 10.6. The summed E-state index contributed by atoms with van der Waals surface area (Å²) in [6.07, 6.45) is 17.0. The van der Waals surface area contributed by atoms with Crippen LogP contribution < -0.4 is 0 Å². The lowest BCUT2D eigenvalue weighted by Gasteiger charge is -2.58. The van der Waals surface area contributed by atoms with Crippen molar-refractivity contribution in [1.82, 2.24) is 9.80 Å². The maximum absolute atomic E-state index is 12.9. The minimum atomic E-state index is -0.561. The molecule has 5 unspecified atom stereocenters. The van der Waals surface area contributed by atoms with Crippen molar-refractivity contribution in [3.05, 3.63) is 11.6 Å². The molecule has 0 spiro atoms. The first-order valence-corrected chi connectivity index (χ1v) is 16.8. The molecule has 4 aliphatic rings. The third kappa shape index (κ3) is 7.01. The van der Waals surface area contributed by atoms with E-state index in [0.717, 1.165) is 48.9 Å². The molecule has 0 heterocycles. The van der Waals surface area contributed by atoms with E-state index in [2.05, 4.69) is 38.5 Å². The number of methoxy groups -OCH3 is 1. The number of hydrogen-bond donors (Lipinski definition) is 0. The second-order valence-corrected chi connectivity index (χ2v) is 15.0. The predicted octanol–water partition coefficient (Wildman–Crippen LogP) is 7.24. The highest BCUT2D eigenvalue weighted by Crippen LogP contribution is 2.66. The minimum absolute atomic E-state index is 0.0925. The largest absolute Gasteiger partial charge is 0.469 e. The van der Waals surface area contributed by atoms with Gasteiger partial charge in [0.1, 0.15) is 12.5 Å². The van der Waals surface area contributed by atoms with E-state index in [1.54, 1.807) is 14.1 Å². The molecule has 4 aliphatic carbocycles. The highest BCUT2D eigenvalue weighted by atomic mass is 16.6. The van der Waals surface area contributed by atoms with Crippen LogP contribution in [0.25, 0.3) is 0 Å². The highest BCUT2D eigenvalue weighted by Gasteiger charge is 2.58. The molecule has 4 rings (SSSR count). The van der Waals surface area contributed by atoms with E-state index < -0.39 is 5.97 Å². The molecule has 0 aromatic heterocycles. The number of fused-ring (bicyclic) bond motifs is 5. The van der Waals surface area contributed by atoms with Gasteiger partial charge in [-0.25, -0.2) is 4.79 Å². The van der Waals surface area contributed by atoms with Gasteiger partial charge in [0.05, 0.1) is 7.11 Å². The number of allylic oxidation sites excluding steroid dienone is 1. The second-order valence-electron chi connectivity index (χ2n) is 15.0. The molecular weight excluding hydrogens is 528 g/mol. The summed E-state index contributed by atoms with van der Waals surface area (Å²) in [6, 6.07) is 0. The molecule has 7 heteroatoms. The number of likely N-dealkylation sites (N-methyl/N-ethyl adjacent to an activating group) is 2. The Bertz CT molecular complexity index is 1010. The number of rotatable bonds is 11. The molecule has 0 radical (unpaired) electrons. The van der Waals surface area contributed by atoms with Crippen LogP contribution in [0.3, 0.4) is 0 Å². The lowest BCUT2D eigenvalue weighted by molar-refractivity contribution is -0.146. The number of amides is 2. The van der Waals surface area contributed by atoms with Gasteiger partial charge in [0.2, 0.25) is 5.91 Å². The first-order chi connectivity index (χ1) is 19.9. The van der Waals surface area contributed by atoms with Gasteiger partial charge in [-0.15, -0.1) is 0 Å². The van der Waals surface area contributed by atoms with Gasteiger partial charge in [-0.05, 0) is 91.8 Å². The molecule has 0 bridgehead atoms. The predicted molar refractivity (Wildman–Crippen MR) is 166 cm³/mol. The molecule has 3 saturated carbocycles. The maximum atomic E-state index is 12.9. The molecule has 0 aromatic carbocycles. The van der Waals surface area contributed by atoms with E-state index in [0.29, 0.717) is 18.5 Å². The normalized spacial score (nSPS) is 33.6. The fourth-order valence-electron chi connectivity index (χ4n) is 9.33. The van der Waals surface area contributed by atoms with E-state index in [9.17, 15) is 14.4 Å². The molecule has 3 fully saturated rings. The van der Waals surface area contributed by atoms with Crippen molar-refractivity contribution >= 4 is 18.0 Å². The topological polar surface area (TPSA) is 76.2 Å². The summed E-state index contributed by atoms with van der Waals surface area (Å²) in [5, 5.41) is 0. The van der Waals surface area contributed by atoms with Gasteiger partial charge in [-0.3, -0.25) is 9.59 Å². The van der Waals surface area contributed by atoms with Crippen molar-refractivity contribution in [3.8, 4) is 0 Å². The van der Waals surface area contributed by atoms with Crippen molar-refractivity contribution in [3.63, 3.8) is 0 Å². The summed E-state index contributed by atoms with van der Waals surface area (Å²) in [5.41, 5.74) is 2.28. The number of ether oxygens (including phenoxy) is 2. The summed E-state index contributed by atoms with van der Waals surface area (Å²) in [7, 11) is 4.60. The van der Waals surface area contributed by atoms with Crippen LogP contribution in [0.5, 0.6) is 0 Å². The summed E-state index contributed by atoms with van der Waals surface area (Å²) in [4.78, 5) is 39.4. The van der Waals surface area contributed by atoms with Crippen LogP contribution in [0.15, 0.2) is 11.6 Å². The average Bonchev–Trinajstić information content (AvgIpc) is 3.29. The van der Waals surface area contributed by atoms with Crippen LogP contribution in [0.1, 0.15) is 111 Å². The third-order valence-electron chi connectivity index (χ3n) is 12.1. The van der Waals surface area contributed by atoms with E-state index >= 15 is 0 Å². The zero-order chi connectivity index (χ0) is 30.7. The van der Waals surface area contributed by atoms with Crippen LogP contribution >= 0.6 is 0 Å². The fraction of sp³-hybridized carbons (Fsp3) is 0.857. The SMILES string of the molecule is COC(=O)CC(=O)N(C)CCN(C)C(=O)OC1CC[C@@]2(C)C(=CCC3C4CC[C@H](CCCCC(C)C)C4(C)CCC32)C1. The number of unbranched alkanes of at least 4 members (excludes halogenated alkanes) is 1. The number of nitrogens with zero attached hydrogens (tertiary/aromatic N) is 2. The Kier molecular flexibility index (Phi) is 10.7. The molecule has 2 amide bonds. The first kappa shape index (κ1) is 32.9. The smallest absolute Gasteiger partial charge is 0.409 e. The molecule has 42 heavy (non-hydrogen) atoms. The molecule has 7 nitrogen and oxygen atoms in total. The summed E-state index contributed by atoms with van der Waals surface area (Å²) in [5.74, 6) is 3.27. The Morgan fingerprint density at radius 3 is 2.43 bits per heavy atom. The van der Waals surface area contributed by atoms with Gasteiger partial charge in [0.15, 0.2) is 0 Å². The van der Waals surface area contributed by atoms with Crippen molar-refractivity contribution in [2.45, 2.75) is 117 Å². The van der Waals surface area contributed by atoms with Crippen LogP contribution in [0.2, 0.25) is 0 Å². The van der Waals surface area contributed by atoms with Gasteiger partial charge in [0, 0.05) is 33.6 Å². The van der Waals surface area contributed by atoms with Gasteiger partial charge in [0.25, 0.3) is 0 Å². The Labute approximate surface area is 255 Å². The third-order valence-corrected chi connectivity index (χ3v) is 12.1. The lowest BCUT2D eigenvalue weighted by atomic mass is 9.47. The quantitative estimate of drug-likeness (QED) is 0.110. The molecule has 0 aliphatic heterocycles. The highest BCUT2D eigenvalue weighted by molar-refractivity contribution is 5.94. The summed E-state index contributed by atoms with van der Waals surface area (Å²) in [6.45, 7) is 10.5. The van der Waals surface area contributed by atoms with Crippen LogP contribution in [-0.4, -0.2) is 68.2 Å². The zero-order valence-electron chi connectivity index (χ0n) is 27.6. The van der Waals surface area contributed by atoms with Crippen molar-refractivity contribution in [2.24, 2.45) is 40.4 Å². The van der Waals surface area contributed by atoms with E-state index in [4.69, 9.17) is 4.74 Å². The van der Waals surface area contributed by atoms with E-state index in [1.807, 2.05) is 0 Å². The van der Waals surface area contributed by atoms with Gasteiger partial charge < -0.3 is 19.3 Å². The molecule has 0 aromatic rings. The second kappa shape index (κ2) is 13.7. The Morgan fingerprint density at radius 2 is 1.71 bits per heavy atom. The van der Waals surface area contributed by atoms with Gasteiger partial charge in [-0.1, -0.05) is 58.6 Å². The van der Waals surface area contributed by atoms with E-state index in [-0.39, 0.29) is 29.9 Å². The number of carbonyl (C=O) groups is 3. The minimum Gasteiger partial charge on any atom is -0.469 e. The Hall–Kier alpha value is -2.05. The fourth-order valence-corrected chi connectivity index (χ4v) is 9.33. The molecular formula is C35H58N2O5.